The van der Waals surface area contributed by atoms with Gasteiger partial charge in [-0.05, 0) is 51.8 Å². The molecule has 0 aliphatic rings. The molecule has 0 radical (unpaired) electrons. The van der Waals surface area contributed by atoms with E-state index in [1.54, 1.807) is 18.2 Å². The third kappa shape index (κ3) is 3.56. The van der Waals surface area contributed by atoms with Gasteiger partial charge in [-0.25, -0.2) is 4.39 Å². The van der Waals surface area contributed by atoms with E-state index in [2.05, 4.69) is 15.9 Å². The molecular formula is C13H6BrCl4F. The molecule has 0 saturated carbocycles. The van der Waals surface area contributed by atoms with Crippen LogP contribution in [0, 0.1) is 5.82 Å². The van der Waals surface area contributed by atoms with Crippen molar-refractivity contribution in [2.24, 2.45) is 0 Å². The summed E-state index contributed by atoms with van der Waals surface area (Å²) < 4.78 is 14.4. The molecule has 2 aromatic rings. The molecule has 0 saturated heterocycles. The molecule has 2 aromatic carbocycles. The minimum Gasteiger partial charge on any atom is -0.207 e. The van der Waals surface area contributed by atoms with Crippen molar-refractivity contribution < 1.29 is 4.39 Å². The van der Waals surface area contributed by atoms with E-state index in [-0.39, 0.29) is 5.56 Å². The van der Waals surface area contributed by atoms with Crippen molar-refractivity contribution in [3.05, 3.63) is 66.8 Å². The summed E-state index contributed by atoms with van der Waals surface area (Å²) in [7, 11) is 0. The second-order valence-electron chi connectivity index (χ2n) is 3.85. The molecule has 1 atom stereocenters. The van der Waals surface area contributed by atoms with Crippen LogP contribution >= 0.6 is 62.3 Å². The van der Waals surface area contributed by atoms with Gasteiger partial charge in [0.2, 0.25) is 0 Å². The van der Waals surface area contributed by atoms with Gasteiger partial charge >= 0.3 is 0 Å². The maximum atomic E-state index is 13.9. The maximum Gasteiger partial charge on any atom is 0.129 e. The van der Waals surface area contributed by atoms with E-state index in [4.69, 9.17) is 46.4 Å². The van der Waals surface area contributed by atoms with Crippen LogP contribution in [0.5, 0.6) is 0 Å². The molecule has 0 bridgehead atoms. The first-order chi connectivity index (χ1) is 8.88. The molecule has 19 heavy (non-hydrogen) atoms. The average molecular weight is 403 g/mol. The Morgan fingerprint density at radius 2 is 1.53 bits per heavy atom. The van der Waals surface area contributed by atoms with Crippen LogP contribution in [-0.4, -0.2) is 0 Å². The van der Waals surface area contributed by atoms with E-state index >= 15 is 0 Å². The van der Waals surface area contributed by atoms with Crippen molar-refractivity contribution in [2.45, 2.75) is 5.38 Å². The molecule has 0 aromatic heterocycles. The molecule has 0 aliphatic carbocycles. The Labute approximate surface area is 138 Å². The van der Waals surface area contributed by atoms with Crippen molar-refractivity contribution in [3.63, 3.8) is 0 Å². The Hall–Kier alpha value is 0.01000. The minimum atomic E-state index is -0.721. The van der Waals surface area contributed by atoms with Gasteiger partial charge in [-0.1, -0.05) is 34.8 Å². The van der Waals surface area contributed by atoms with E-state index in [1.807, 2.05) is 0 Å². The number of halogens is 6. The second-order valence-corrected chi connectivity index (χ2v) is 6.42. The SMILES string of the molecule is Fc1cc(Br)c(Cl)cc1C(Cl)c1cc(Cl)cc(Cl)c1. The Morgan fingerprint density at radius 1 is 0.947 bits per heavy atom. The molecule has 0 fully saturated rings. The summed E-state index contributed by atoms with van der Waals surface area (Å²) in [4.78, 5) is 0. The zero-order valence-corrected chi connectivity index (χ0v) is 13.8. The zero-order valence-electron chi connectivity index (χ0n) is 9.23. The van der Waals surface area contributed by atoms with Gasteiger partial charge in [0.05, 0.1) is 10.4 Å². The molecule has 1 unspecified atom stereocenters. The molecule has 0 N–H and O–H groups in total. The van der Waals surface area contributed by atoms with Crippen molar-refractivity contribution in [3.8, 4) is 0 Å². The lowest BCUT2D eigenvalue weighted by atomic mass is 10.0. The lowest BCUT2D eigenvalue weighted by molar-refractivity contribution is 0.611. The first kappa shape index (κ1) is 15.4. The van der Waals surface area contributed by atoms with Crippen molar-refractivity contribution >= 4 is 62.3 Å². The minimum absolute atomic E-state index is 0.271. The van der Waals surface area contributed by atoms with Gasteiger partial charge in [-0.3, -0.25) is 0 Å². The van der Waals surface area contributed by atoms with Gasteiger partial charge in [0.1, 0.15) is 5.82 Å². The Kier molecular flexibility index (Phi) is 5.02. The zero-order chi connectivity index (χ0) is 14.2. The summed E-state index contributed by atoms with van der Waals surface area (Å²) in [6.07, 6.45) is 0. The number of hydrogen-bond acceptors (Lipinski definition) is 0. The smallest absolute Gasteiger partial charge is 0.129 e. The third-order valence-electron chi connectivity index (χ3n) is 2.49. The summed E-state index contributed by atoms with van der Waals surface area (Å²) in [5.74, 6) is -0.452. The number of hydrogen-bond donors (Lipinski definition) is 0. The van der Waals surface area contributed by atoms with Crippen LogP contribution in [0.2, 0.25) is 15.1 Å². The van der Waals surface area contributed by atoms with Crippen molar-refractivity contribution in [1.82, 2.24) is 0 Å². The van der Waals surface area contributed by atoms with Gasteiger partial charge in [0.15, 0.2) is 0 Å². The average Bonchev–Trinajstić information content (AvgIpc) is 2.31. The highest BCUT2D eigenvalue weighted by Crippen LogP contribution is 2.37. The predicted octanol–water partition coefficient (Wildman–Crippen LogP) is 6.88. The summed E-state index contributed by atoms with van der Waals surface area (Å²) in [6.45, 7) is 0. The Balaban J connectivity index is 2.49. The molecule has 100 valence electrons. The first-order valence-electron chi connectivity index (χ1n) is 5.13. The molecule has 0 spiro atoms. The molecular weight excluding hydrogens is 397 g/mol. The third-order valence-corrected chi connectivity index (χ3v) is 4.61. The fraction of sp³-hybridized carbons (Fsp3) is 0.0769. The lowest BCUT2D eigenvalue weighted by Gasteiger charge is -2.13. The van der Waals surface area contributed by atoms with Crippen LogP contribution in [0.4, 0.5) is 4.39 Å². The van der Waals surface area contributed by atoms with Crippen LogP contribution in [0.25, 0.3) is 0 Å². The van der Waals surface area contributed by atoms with Crippen LogP contribution in [-0.2, 0) is 0 Å². The normalized spacial score (nSPS) is 12.5. The molecule has 0 nitrogen and oxygen atoms in total. The van der Waals surface area contributed by atoms with Gasteiger partial charge in [0, 0.05) is 20.1 Å². The molecule has 0 aliphatic heterocycles. The fourth-order valence-electron chi connectivity index (χ4n) is 1.63. The summed E-state index contributed by atoms with van der Waals surface area (Å²) in [5, 5.41) is 0.547. The highest BCUT2D eigenvalue weighted by Gasteiger charge is 2.18. The van der Waals surface area contributed by atoms with Gasteiger partial charge in [-0.15, -0.1) is 11.6 Å². The number of rotatable bonds is 2. The largest absolute Gasteiger partial charge is 0.207 e. The summed E-state index contributed by atoms with van der Waals surface area (Å²) in [5.41, 5.74) is 0.879. The van der Waals surface area contributed by atoms with E-state index in [1.165, 1.54) is 12.1 Å². The molecule has 0 heterocycles. The fourth-order valence-corrected chi connectivity index (χ4v) is 2.96. The molecule has 0 amide bonds. The Morgan fingerprint density at radius 3 is 2.11 bits per heavy atom. The van der Waals surface area contributed by atoms with Crippen molar-refractivity contribution in [1.29, 1.82) is 0 Å². The van der Waals surface area contributed by atoms with E-state index in [0.717, 1.165) is 0 Å². The second kappa shape index (κ2) is 6.19. The predicted molar refractivity (Wildman–Crippen MR) is 83.3 cm³/mol. The van der Waals surface area contributed by atoms with Crippen LogP contribution < -0.4 is 0 Å². The topological polar surface area (TPSA) is 0 Å². The number of benzene rings is 2. The summed E-state index contributed by atoms with van der Waals surface area (Å²) >= 11 is 27.2. The van der Waals surface area contributed by atoms with Crippen LogP contribution in [0.3, 0.4) is 0 Å². The van der Waals surface area contributed by atoms with E-state index < -0.39 is 11.2 Å². The van der Waals surface area contributed by atoms with E-state index in [9.17, 15) is 4.39 Å². The lowest BCUT2D eigenvalue weighted by Crippen LogP contribution is -1.98. The van der Waals surface area contributed by atoms with Gasteiger partial charge < -0.3 is 0 Å². The maximum absolute atomic E-state index is 13.9. The van der Waals surface area contributed by atoms with E-state index in [0.29, 0.717) is 25.1 Å². The highest BCUT2D eigenvalue weighted by atomic mass is 79.9. The first-order valence-corrected chi connectivity index (χ1v) is 7.49. The quantitative estimate of drug-likeness (QED) is 0.379. The van der Waals surface area contributed by atoms with Gasteiger partial charge in [-0.2, -0.15) is 0 Å². The van der Waals surface area contributed by atoms with Gasteiger partial charge in [0.25, 0.3) is 0 Å². The number of alkyl halides is 1. The molecule has 6 heteroatoms. The standard InChI is InChI=1S/C13H6BrCl4F/c14-10-5-12(19)9(4-11(10)17)13(18)6-1-7(15)3-8(16)2-6/h1-5,13H. The van der Waals surface area contributed by atoms with Crippen LogP contribution in [0.15, 0.2) is 34.8 Å². The van der Waals surface area contributed by atoms with Crippen molar-refractivity contribution in [2.75, 3.05) is 0 Å². The van der Waals surface area contributed by atoms with Crippen LogP contribution in [0.1, 0.15) is 16.5 Å². The molecule has 2 rings (SSSR count). The summed E-state index contributed by atoms with van der Waals surface area (Å²) in [6, 6.07) is 7.62. The Bertz CT molecular complexity index is 610. The highest BCUT2D eigenvalue weighted by molar-refractivity contribution is 9.10. The monoisotopic (exact) mass is 400 g/mol.